The summed E-state index contributed by atoms with van der Waals surface area (Å²) in [6, 6.07) is -1.07. The highest BCUT2D eigenvalue weighted by molar-refractivity contribution is 7.85. The van der Waals surface area contributed by atoms with Gasteiger partial charge in [-0.15, -0.1) is 0 Å². The maximum atomic E-state index is 10.8. The molecular formula is C9H18N2O3S2. The van der Waals surface area contributed by atoms with E-state index in [9.17, 15) is 9.59 Å². The van der Waals surface area contributed by atoms with Crippen LogP contribution < -0.4 is 11.1 Å². The van der Waals surface area contributed by atoms with E-state index in [2.05, 4.69) is 30.6 Å². The number of aliphatic carboxylic acids is 1. The zero-order valence-corrected chi connectivity index (χ0v) is 11.3. The van der Waals surface area contributed by atoms with Crippen LogP contribution in [0.2, 0.25) is 0 Å². The average molecular weight is 266 g/mol. The summed E-state index contributed by atoms with van der Waals surface area (Å²) in [6.07, 6.45) is 0. The summed E-state index contributed by atoms with van der Waals surface area (Å²) in [6.45, 7) is 4.71. The third-order valence-corrected chi connectivity index (χ3v) is 4.11. The summed E-state index contributed by atoms with van der Waals surface area (Å²) >= 11 is 8.44. The van der Waals surface area contributed by atoms with Crippen LogP contribution in [-0.4, -0.2) is 33.6 Å². The van der Waals surface area contributed by atoms with Crippen LogP contribution >= 0.6 is 25.3 Å². The van der Waals surface area contributed by atoms with Crippen LogP contribution in [0.1, 0.15) is 20.8 Å². The molecule has 0 spiro atoms. The van der Waals surface area contributed by atoms with Crippen LogP contribution in [0.25, 0.3) is 0 Å². The summed E-state index contributed by atoms with van der Waals surface area (Å²) in [7, 11) is 0. The molecule has 0 heterocycles. The van der Waals surface area contributed by atoms with Crippen LogP contribution in [0, 0.1) is 5.41 Å². The third-order valence-electron chi connectivity index (χ3n) is 2.48. The SMILES string of the molecule is CC(=O)NC(S)C(S)C(C)(C)C(N)C(=O)O. The molecule has 0 fully saturated rings. The van der Waals surface area contributed by atoms with Crippen LogP contribution in [0.3, 0.4) is 0 Å². The van der Waals surface area contributed by atoms with Gasteiger partial charge in [-0.05, 0) is 0 Å². The van der Waals surface area contributed by atoms with Gasteiger partial charge in [0.15, 0.2) is 0 Å². The van der Waals surface area contributed by atoms with Crippen molar-refractivity contribution in [3.05, 3.63) is 0 Å². The van der Waals surface area contributed by atoms with E-state index in [1.165, 1.54) is 6.92 Å². The number of carbonyl (C=O) groups excluding carboxylic acids is 1. The number of amides is 1. The van der Waals surface area contributed by atoms with Crippen molar-refractivity contribution in [2.75, 3.05) is 0 Å². The van der Waals surface area contributed by atoms with Crippen molar-refractivity contribution >= 4 is 37.1 Å². The third kappa shape index (κ3) is 3.88. The van der Waals surface area contributed by atoms with Gasteiger partial charge in [-0.25, -0.2) is 0 Å². The molecule has 94 valence electrons. The molecule has 3 unspecified atom stereocenters. The predicted molar refractivity (Wildman–Crippen MR) is 68.8 cm³/mol. The number of nitrogens with two attached hydrogens (primary N) is 1. The van der Waals surface area contributed by atoms with Crippen molar-refractivity contribution in [1.29, 1.82) is 0 Å². The Hall–Kier alpha value is -0.400. The molecule has 0 bridgehead atoms. The molecule has 0 aliphatic rings. The lowest BCUT2D eigenvalue weighted by Crippen LogP contribution is -2.54. The normalized spacial score (nSPS) is 17.4. The second kappa shape index (κ2) is 5.79. The first-order valence-electron chi connectivity index (χ1n) is 4.72. The first-order chi connectivity index (χ1) is 7.10. The van der Waals surface area contributed by atoms with Crippen molar-refractivity contribution in [3.8, 4) is 0 Å². The summed E-state index contributed by atoms with van der Waals surface area (Å²) in [5, 5.41) is 10.4. The molecular weight excluding hydrogens is 248 g/mol. The van der Waals surface area contributed by atoms with E-state index < -0.39 is 28.0 Å². The Kier molecular flexibility index (Phi) is 5.64. The highest BCUT2D eigenvalue weighted by Crippen LogP contribution is 2.32. The Morgan fingerprint density at radius 1 is 1.38 bits per heavy atom. The van der Waals surface area contributed by atoms with Gasteiger partial charge in [-0.1, -0.05) is 13.8 Å². The van der Waals surface area contributed by atoms with Crippen molar-refractivity contribution in [2.24, 2.45) is 11.1 Å². The molecule has 5 nitrogen and oxygen atoms in total. The zero-order chi connectivity index (χ0) is 13.1. The average Bonchev–Trinajstić information content (AvgIpc) is 2.13. The summed E-state index contributed by atoms with van der Waals surface area (Å²) in [5.74, 6) is -1.36. The van der Waals surface area contributed by atoms with Gasteiger partial charge in [-0.3, -0.25) is 9.59 Å². The minimum absolute atomic E-state index is 0.251. The molecule has 0 radical (unpaired) electrons. The standard InChI is InChI=1S/C9H18N2O3S2/c1-4(12)11-7(16)6(15)9(2,3)5(10)8(13)14/h5-7,15-16H,10H2,1-3H3,(H,11,12)(H,13,14). The summed E-state index contributed by atoms with van der Waals surface area (Å²) < 4.78 is 0. The molecule has 3 atom stereocenters. The first-order valence-corrected chi connectivity index (χ1v) is 5.75. The Bertz CT molecular complexity index is 284. The number of carboxylic acids is 1. The highest BCUT2D eigenvalue weighted by atomic mass is 32.1. The first kappa shape index (κ1) is 15.6. The molecule has 0 aromatic heterocycles. The lowest BCUT2D eigenvalue weighted by molar-refractivity contribution is -0.141. The minimum atomic E-state index is -1.10. The number of carbonyl (C=O) groups is 2. The highest BCUT2D eigenvalue weighted by Gasteiger charge is 2.40. The lowest BCUT2D eigenvalue weighted by Gasteiger charge is -2.37. The van der Waals surface area contributed by atoms with Crippen molar-refractivity contribution in [1.82, 2.24) is 5.32 Å². The number of rotatable bonds is 5. The fraction of sp³-hybridized carbons (Fsp3) is 0.778. The van der Waals surface area contributed by atoms with E-state index in [0.29, 0.717) is 0 Å². The molecule has 0 saturated carbocycles. The van der Waals surface area contributed by atoms with E-state index in [1.54, 1.807) is 13.8 Å². The number of hydrogen-bond acceptors (Lipinski definition) is 5. The van der Waals surface area contributed by atoms with Gasteiger partial charge in [0.25, 0.3) is 0 Å². The molecule has 0 rings (SSSR count). The molecule has 0 aromatic rings. The van der Waals surface area contributed by atoms with E-state index in [1.807, 2.05) is 0 Å². The van der Waals surface area contributed by atoms with E-state index >= 15 is 0 Å². The van der Waals surface area contributed by atoms with Gasteiger partial charge < -0.3 is 16.2 Å². The maximum Gasteiger partial charge on any atom is 0.321 e. The maximum absolute atomic E-state index is 10.8. The van der Waals surface area contributed by atoms with E-state index in [0.717, 1.165) is 0 Å². The van der Waals surface area contributed by atoms with E-state index in [4.69, 9.17) is 10.8 Å². The Morgan fingerprint density at radius 3 is 2.12 bits per heavy atom. The molecule has 0 saturated heterocycles. The van der Waals surface area contributed by atoms with Crippen molar-refractivity contribution in [3.63, 3.8) is 0 Å². The Labute approximate surface area is 106 Å². The quantitative estimate of drug-likeness (QED) is 0.361. The second-order valence-electron chi connectivity index (χ2n) is 4.23. The topological polar surface area (TPSA) is 92.4 Å². The summed E-state index contributed by atoms with van der Waals surface area (Å²) in [5.41, 5.74) is 4.77. The summed E-state index contributed by atoms with van der Waals surface area (Å²) in [4.78, 5) is 21.7. The predicted octanol–water partition coefficient (Wildman–Crippen LogP) is 0.115. The lowest BCUT2D eigenvalue weighted by atomic mass is 9.81. The van der Waals surface area contributed by atoms with Crippen LogP contribution in [0.5, 0.6) is 0 Å². The Morgan fingerprint density at radius 2 is 1.81 bits per heavy atom. The molecule has 0 aliphatic carbocycles. The van der Waals surface area contributed by atoms with Crippen LogP contribution in [0.4, 0.5) is 0 Å². The molecule has 4 N–H and O–H groups in total. The van der Waals surface area contributed by atoms with Gasteiger partial charge >= 0.3 is 5.97 Å². The van der Waals surface area contributed by atoms with Gasteiger partial charge in [0.2, 0.25) is 5.91 Å². The zero-order valence-electron chi connectivity index (χ0n) is 9.47. The molecule has 0 aliphatic heterocycles. The largest absolute Gasteiger partial charge is 0.480 e. The van der Waals surface area contributed by atoms with Crippen molar-refractivity contribution < 1.29 is 14.7 Å². The minimum Gasteiger partial charge on any atom is -0.480 e. The number of carboxylic acid groups (broad SMARTS) is 1. The van der Waals surface area contributed by atoms with E-state index in [-0.39, 0.29) is 5.91 Å². The van der Waals surface area contributed by atoms with Gasteiger partial charge in [0.1, 0.15) is 6.04 Å². The van der Waals surface area contributed by atoms with Gasteiger partial charge in [0.05, 0.1) is 5.37 Å². The molecule has 0 aromatic carbocycles. The molecule has 1 amide bonds. The molecule has 7 heteroatoms. The fourth-order valence-corrected chi connectivity index (χ4v) is 2.00. The Balaban J connectivity index is 4.74. The van der Waals surface area contributed by atoms with Gasteiger partial charge in [0, 0.05) is 17.6 Å². The molecule has 16 heavy (non-hydrogen) atoms. The number of thiol groups is 2. The van der Waals surface area contributed by atoms with Crippen molar-refractivity contribution in [2.45, 2.75) is 37.4 Å². The number of hydrogen-bond donors (Lipinski definition) is 5. The monoisotopic (exact) mass is 266 g/mol. The smallest absolute Gasteiger partial charge is 0.321 e. The second-order valence-corrected chi connectivity index (χ2v) is 5.34. The van der Waals surface area contributed by atoms with Gasteiger partial charge in [-0.2, -0.15) is 25.3 Å². The van der Waals surface area contributed by atoms with Crippen LogP contribution in [-0.2, 0) is 9.59 Å². The van der Waals surface area contributed by atoms with Crippen LogP contribution in [0.15, 0.2) is 0 Å². The fourth-order valence-electron chi connectivity index (χ4n) is 1.20. The number of nitrogens with one attached hydrogen (secondary N) is 1.